The van der Waals surface area contributed by atoms with Gasteiger partial charge >= 0.3 is 0 Å². The van der Waals surface area contributed by atoms with Gasteiger partial charge in [0, 0.05) is 28.2 Å². The summed E-state index contributed by atoms with van der Waals surface area (Å²) in [7, 11) is 0. The Morgan fingerprint density at radius 1 is 0.591 bits per heavy atom. The van der Waals surface area contributed by atoms with Crippen molar-refractivity contribution in [1.29, 1.82) is 0 Å². The zero-order valence-corrected chi connectivity index (χ0v) is 24.5. The van der Waals surface area contributed by atoms with Gasteiger partial charge in [0.2, 0.25) is 0 Å². The number of nitrogens with zero attached hydrogens (tertiary/aromatic N) is 1. The predicted molar refractivity (Wildman–Crippen MR) is 177 cm³/mol. The second-order valence-electron chi connectivity index (χ2n) is 11.1. The van der Waals surface area contributed by atoms with Crippen LogP contribution in [-0.2, 0) is 4.74 Å². The Balaban J connectivity index is 1.17. The van der Waals surface area contributed by atoms with Gasteiger partial charge in [0.25, 0.3) is 0 Å². The average molecular weight is 572 g/mol. The number of hydrogen-bond acceptors (Lipinski definition) is 4. The Hall–Kier alpha value is -5.74. The molecule has 0 spiro atoms. The Labute approximate surface area is 256 Å². The largest absolute Gasteiger partial charge is 0.462 e. The van der Waals surface area contributed by atoms with Crippen LogP contribution in [0.25, 0.3) is 16.8 Å². The van der Waals surface area contributed by atoms with E-state index in [0.717, 1.165) is 33.4 Å². The molecular weight excluding hydrogens is 542 g/mol. The van der Waals surface area contributed by atoms with Crippen LogP contribution in [0.3, 0.4) is 0 Å². The molecule has 44 heavy (non-hydrogen) atoms. The molecule has 0 aromatic heterocycles. The number of Topliss-reactive ketones (excluding diaryl/α,β-unsaturated/α-hetero) is 2. The zero-order chi connectivity index (χ0) is 30.2. The third kappa shape index (κ3) is 5.07. The smallest absolute Gasteiger partial charge is 0.198 e. The number of ketones is 2. The quantitative estimate of drug-likeness (QED) is 0.156. The van der Waals surface area contributed by atoms with Crippen LogP contribution in [0.2, 0.25) is 0 Å². The van der Waals surface area contributed by atoms with Gasteiger partial charge in [-0.2, -0.15) is 0 Å². The van der Waals surface area contributed by atoms with Crippen LogP contribution < -0.4 is 4.90 Å². The molecule has 0 bridgehead atoms. The topological polar surface area (TPSA) is 46.6 Å². The molecule has 0 amide bonds. The van der Waals surface area contributed by atoms with E-state index >= 15 is 0 Å². The molecule has 0 saturated heterocycles. The standard InChI is InChI=1S/C40H29NO3/c1-26-12-17-33(18-13-26)41(32-10-4-3-5-11-32)34-19-14-28(15-20-34)16-21-35-23-31(22-27(2)44-35)38-39(42)36-24-29-8-6-7-9-30(29)25-37(36)40(38)43/h3-25H,1-2H3/b21-16+. The minimum absolute atomic E-state index is 0.185. The van der Waals surface area contributed by atoms with Gasteiger partial charge in [-0.15, -0.1) is 0 Å². The number of carbonyl (C=O) groups is 2. The van der Waals surface area contributed by atoms with Crippen molar-refractivity contribution in [2.45, 2.75) is 13.8 Å². The highest BCUT2D eigenvalue weighted by molar-refractivity contribution is 6.41. The molecule has 5 aromatic carbocycles. The lowest BCUT2D eigenvalue weighted by Gasteiger charge is -2.25. The normalized spacial score (nSPS) is 14.5. The number of para-hydroxylation sites is 1. The summed E-state index contributed by atoms with van der Waals surface area (Å²) >= 11 is 0. The Morgan fingerprint density at radius 3 is 1.75 bits per heavy atom. The fourth-order valence-electron chi connectivity index (χ4n) is 5.77. The molecule has 1 aliphatic heterocycles. The highest BCUT2D eigenvalue weighted by Crippen LogP contribution is 2.36. The van der Waals surface area contributed by atoms with Gasteiger partial charge in [-0.05, 0) is 103 Å². The number of allylic oxidation sites excluding steroid dienone is 6. The minimum Gasteiger partial charge on any atom is -0.462 e. The second-order valence-corrected chi connectivity index (χ2v) is 11.1. The van der Waals surface area contributed by atoms with E-state index in [9.17, 15) is 9.59 Å². The maximum Gasteiger partial charge on any atom is 0.198 e. The first kappa shape index (κ1) is 27.1. The van der Waals surface area contributed by atoms with E-state index in [1.54, 1.807) is 12.2 Å². The molecule has 0 saturated carbocycles. The summed E-state index contributed by atoms with van der Waals surface area (Å²) in [6.07, 6.45) is 7.36. The molecule has 1 heterocycles. The van der Waals surface area contributed by atoms with Crippen LogP contribution in [-0.4, -0.2) is 11.6 Å². The summed E-state index contributed by atoms with van der Waals surface area (Å²) in [5, 5.41) is 1.88. The van der Waals surface area contributed by atoms with Gasteiger partial charge < -0.3 is 9.64 Å². The number of fused-ring (bicyclic) bond motifs is 2. The molecule has 212 valence electrons. The molecule has 0 N–H and O–H groups in total. The number of ether oxygens (including phenoxy) is 1. The Morgan fingerprint density at radius 2 is 1.14 bits per heavy atom. The molecule has 7 rings (SSSR count). The highest BCUT2D eigenvalue weighted by atomic mass is 16.5. The monoisotopic (exact) mass is 571 g/mol. The average Bonchev–Trinajstić information content (AvgIpc) is 3.29. The number of aryl methyl sites for hydroxylation is 1. The van der Waals surface area contributed by atoms with E-state index in [4.69, 9.17) is 4.74 Å². The fourth-order valence-corrected chi connectivity index (χ4v) is 5.77. The molecule has 0 atom stereocenters. The molecule has 0 unspecified atom stereocenters. The maximum atomic E-state index is 13.5. The van der Waals surface area contributed by atoms with Crippen molar-refractivity contribution in [2.24, 2.45) is 0 Å². The van der Waals surface area contributed by atoms with Crippen LogP contribution in [0.1, 0.15) is 38.8 Å². The van der Waals surface area contributed by atoms with E-state index in [1.807, 2.05) is 73.7 Å². The van der Waals surface area contributed by atoms with E-state index in [0.29, 0.717) is 28.2 Å². The van der Waals surface area contributed by atoms with Crippen LogP contribution in [0.15, 0.2) is 156 Å². The number of benzene rings is 5. The third-order valence-corrected chi connectivity index (χ3v) is 7.95. The molecule has 4 heteroatoms. The van der Waals surface area contributed by atoms with Crippen molar-refractivity contribution in [2.75, 3.05) is 4.90 Å². The lowest BCUT2D eigenvalue weighted by Crippen LogP contribution is -2.09. The number of anilines is 3. The Bertz CT molecular complexity index is 2010. The van der Waals surface area contributed by atoms with Crippen molar-refractivity contribution in [3.05, 3.63) is 178 Å². The van der Waals surface area contributed by atoms with Crippen LogP contribution in [0.4, 0.5) is 17.1 Å². The number of carbonyl (C=O) groups excluding carboxylic acids is 2. The highest BCUT2D eigenvalue weighted by Gasteiger charge is 2.35. The molecule has 0 fully saturated rings. The first-order chi connectivity index (χ1) is 21.4. The summed E-state index contributed by atoms with van der Waals surface area (Å²) < 4.78 is 5.97. The third-order valence-electron chi connectivity index (χ3n) is 7.95. The first-order valence-electron chi connectivity index (χ1n) is 14.6. The van der Waals surface area contributed by atoms with Crippen molar-refractivity contribution in [3.63, 3.8) is 0 Å². The van der Waals surface area contributed by atoms with Gasteiger partial charge in [-0.3, -0.25) is 9.59 Å². The summed E-state index contributed by atoms with van der Waals surface area (Å²) in [6.45, 7) is 3.91. The van der Waals surface area contributed by atoms with Gasteiger partial charge in [0.1, 0.15) is 11.5 Å². The van der Waals surface area contributed by atoms with Crippen molar-refractivity contribution >= 4 is 45.5 Å². The maximum absolute atomic E-state index is 13.5. The minimum atomic E-state index is -0.247. The molecule has 0 radical (unpaired) electrons. The van der Waals surface area contributed by atoms with Crippen LogP contribution in [0, 0.1) is 6.92 Å². The zero-order valence-electron chi connectivity index (χ0n) is 24.5. The van der Waals surface area contributed by atoms with Crippen molar-refractivity contribution < 1.29 is 14.3 Å². The molecule has 1 aliphatic carbocycles. The number of hydrogen-bond donors (Lipinski definition) is 0. The SMILES string of the molecule is CC1=CC(=C2C(=O)c3cc4ccccc4cc3C2=O)C=C(/C=C/c2ccc(N(c3ccccc3)c3ccc(C)cc3)cc2)O1. The van der Waals surface area contributed by atoms with Crippen LogP contribution in [0.5, 0.6) is 0 Å². The number of rotatable bonds is 5. The molecule has 2 aliphatic rings. The Kier molecular flexibility index (Phi) is 6.88. The molecule has 4 nitrogen and oxygen atoms in total. The van der Waals surface area contributed by atoms with E-state index in [2.05, 4.69) is 72.5 Å². The summed E-state index contributed by atoms with van der Waals surface area (Å²) in [5.41, 5.74) is 7.06. The van der Waals surface area contributed by atoms with Gasteiger partial charge in [-0.25, -0.2) is 0 Å². The summed E-state index contributed by atoms with van der Waals surface area (Å²) in [4.78, 5) is 29.1. The lowest BCUT2D eigenvalue weighted by molar-refractivity contribution is 0.0987. The van der Waals surface area contributed by atoms with Gasteiger partial charge in [0.05, 0.1) is 5.57 Å². The van der Waals surface area contributed by atoms with Crippen LogP contribution >= 0.6 is 0 Å². The fraction of sp³-hybridized carbons (Fsp3) is 0.0500. The second kappa shape index (κ2) is 11.2. The summed E-state index contributed by atoms with van der Waals surface area (Å²) in [6, 6.07) is 38.5. The summed E-state index contributed by atoms with van der Waals surface area (Å²) in [5.74, 6) is 0.680. The van der Waals surface area contributed by atoms with Gasteiger partial charge in [-0.1, -0.05) is 78.4 Å². The molecule has 5 aromatic rings. The lowest BCUT2D eigenvalue weighted by atomic mass is 10.0. The van der Waals surface area contributed by atoms with E-state index in [-0.39, 0.29) is 17.1 Å². The van der Waals surface area contributed by atoms with E-state index in [1.165, 1.54) is 5.56 Å². The van der Waals surface area contributed by atoms with Crippen molar-refractivity contribution in [1.82, 2.24) is 0 Å². The van der Waals surface area contributed by atoms with Crippen molar-refractivity contribution in [3.8, 4) is 0 Å². The predicted octanol–water partition coefficient (Wildman–Crippen LogP) is 9.82. The van der Waals surface area contributed by atoms with E-state index < -0.39 is 0 Å². The van der Waals surface area contributed by atoms with Gasteiger partial charge in [0.15, 0.2) is 11.6 Å². The first-order valence-corrected chi connectivity index (χ1v) is 14.6. The molecular formula is C40H29NO3.